The molecule has 18 heavy (non-hydrogen) atoms. The fourth-order valence-electron chi connectivity index (χ4n) is 2.92. The van der Waals surface area contributed by atoms with Gasteiger partial charge in [-0.3, -0.25) is 4.90 Å². The highest BCUT2D eigenvalue weighted by Crippen LogP contribution is 2.26. The van der Waals surface area contributed by atoms with E-state index in [9.17, 15) is 0 Å². The fraction of sp³-hybridized carbons (Fsp3) is 1.00. The molecule has 0 amide bonds. The van der Waals surface area contributed by atoms with Crippen molar-refractivity contribution in [1.82, 2.24) is 10.2 Å². The lowest BCUT2D eigenvalue weighted by Crippen LogP contribution is -2.48. The van der Waals surface area contributed by atoms with E-state index in [1.54, 1.807) is 0 Å². The van der Waals surface area contributed by atoms with E-state index in [1.165, 1.54) is 19.5 Å². The molecule has 3 nitrogen and oxygen atoms in total. The third kappa shape index (κ3) is 5.68. The molecular formula is C15H32N2O. The Morgan fingerprint density at radius 2 is 2.00 bits per heavy atom. The minimum Gasteiger partial charge on any atom is -0.382 e. The smallest absolute Gasteiger partial charge is 0.0477 e. The van der Waals surface area contributed by atoms with Gasteiger partial charge in [0.25, 0.3) is 0 Å². The Morgan fingerprint density at radius 1 is 1.22 bits per heavy atom. The largest absolute Gasteiger partial charge is 0.382 e. The van der Waals surface area contributed by atoms with Crippen LogP contribution in [0, 0.1) is 11.8 Å². The highest BCUT2D eigenvalue weighted by atomic mass is 16.5. The van der Waals surface area contributed by atoms with Gasteiger partial charge in [-0.15, -0.1) is 0 Å². The van der Waals surface area contributed by atoms with Crippen molar-refractivity contribution in [2.24, 2.45) is 11.8 Å². The molecule has 1 saturated heterocycles. The molecule has 0 aromatic rings. The minimum absolute atomic E-state index is 0.742. The first-order chi connectivity index (χ1) is 8.65. The molecule has 1 N–H and O–H groups in total. The van der Waals surface area contributed by atoms with Crippen LogP contribution in [-0.4, -0.2) is 50.3 Å². The molecule has 3 unspecified atom stereocenters. The number of hydrogen-bond acceptors (Lipinski definition) is 3. The maximum absolute atomic E-state index is 5.32. The number of hydrogen-bond donors (Lipinski definition) is 1. The van der Waals surface area contributed by atoms with Crippen molar-refractivity contribution >= 4 is 0 Å². The number of nitrogens with zero attached hydrogens (tertiary/aromatic N) is 1. The second-order valence-corrected chi connectivity index (χ2v) is 5.85. The van der Waals surface area contributed by atoms with Crippen molar-refractivity contribution < 1.29 is 4.74 Å². The zero-order valence-corrected chi connectivity index (χ0v) is 12.7. The average molecular weight is 256 g/mol. The first-order valence-corrected chi connectivity index (χ1v) is 7.67. The molecule has 0 aromatic heterocycles. The van der Waals surface area contributed by atoms with E-state index in [2.05, 4.69) is 31.0 Å². The molecule has 1 heterocycles. The third-order valence-corrected chi connectivity index (χ3v) is 4.14. The summed E-state index contributed by atoms with van der Waals surface area (Å²) in [5, 5.41) is 3.52. The van der Waals surface area contributed by atoms with Crippen LogP contribution >= 0.6 is 0 Å². The maximum Gasteiger partial charge on any atom is 0.0477 e. The lowest BCUT2D eigenvalue weighted by Gasteiger charge is -2.41. The van der Waals surface area contributed by atoms with Gasteiger partial charge in [0.05, 0.1) is 0 Å². The summed E-state index contributed by atoms with van der Waals surface area (Å²) in [6, 6.07) is 0.742. The number of ether oxygens (including phenoxy) is 1. The normalized spacial score (nSPS) is 29.7. The fourth-order valence-corrected chi connectivity index (χ4v) is 2.92. The van der Waals surface area contributed by atoms with Crippen LogP contribution in [0.5, 0.6) is 0 Å². The predicted octanol–water partition coefficient (Wildman–Crippen LogP) is 2.37. The molecule has 0 aromatic carbocycles. The monoisotopic (exact) mass is 256 g/mol. The van der Waals surface area contributed by atoms with Crippen molar-refractivity contribution in [3.8, 4) is 0 Å². The van der Waals surface area contributed by atoms with Crippen molar-refractivity contribution in [3.63, 3.8) is 0 Å². The van der Waals surface area contributed by atoms with E-state index in [0.717, 1.165) is 50.6 Å². The topological polar surface area (TPSA) is 24.5 Å². The number of nitrogens with one attached hydrogen (secondary N) is 1. The van der Waals surface area contributed by atoms with Gasteiger partial charge in [-0.1, -0.05) is 13.8 Å². The standard InChI is InChI=1S/C15H32N2O/c1-5-18-10-6-7-16-8-9-17-12-13(2)11-14(3)15(17)4/h13-16H,5-12H2,1-4H3. The van der Waals surface area contributed by atoms with Crippen molar-refractivity contribution in [3.05, 3.63) is 0 Å². The van der Waals surface area contributed by atoms with Crippen molar-refractivity contribution in [1.29, 1.82) is 0 Å². The van der Waals surface area contributed by atoms with Crippen LogP contribution in [0.3, 0.4) is 0 Å². The summed E-state index contributed by atoms with van der Waals surface area (Å²) in [6.45, 7) is 15.6. The van der Waals surface area contributed by atoms with E-state index in [4.69, 9.17) is 4.74 Å². The molecule has 1 fully saturated rings. The highest BCUT2D eigenvalue weighted by molar-refractivity contribution is 4.82. The molecule has 1 rings (SSSR count). The van der Waals surface area contributed by atoms with Gasteiger partial charge in [-0.25, -0.2) is 0 Å². The summed E-state index contributed by atoms with van der Waals surface area (Å²) in [4.78, 5) is 2.65. The molecule has 0 saturated carbocycles. The van der Waals surface area contributed by atoms with Crippen LogP contribution < -0.4 is 5.32 Å². The van der Waals surface area contributed by atoms with Gasteiger partial charge in [0.2, 0.25) is 0 Å². The molecule has 1 aliphatic rings. The molecule has 0 radical (unpaired) electrons. The van der Waals surface area contributed by atoms with E-state index < -0.39 is 0 Å². The Morgan fingerprint density at radius 3 is 2.72 bits per heavy atom. The van der Waals surface area contributed by atoms with E-state index in [-0.39, 0.29) is 0 Å². The van der Waals surface area contributed by atoms with Gasteiger partial charge in [0, 0.05) is 38.9 Å². The summed E-state index contributed by atoms with van der Waals surface area (Å²) < 4.78 is 5.32. The second kappa shape index (κ2) is 8.89. The Labute approximate surface area is 113 Å². The average Bonchev–Trinajstić information content (AvgIpc) is 2.33. The van der Waals surface area contributed by atoms with Gasteiger partial charge in [-0.05, 0) is 45.1 Å². The van der Waals surface area contributed by atoms with Crippen LogP contribution in [0.4, 0.5) is 0 Å². The SMILES string of the molecule is CCOCCCNCCN1CC(C)CC(C)C1C. The summed E-state index contributed by atoms with van der Waals surface area (Å²) in [5.41, 5.74) is 0. The van der Waals surface area contributed by atoms with E-state index in [0.29, 0.717) is 0 Å². The Bertz CT molecular complexity index is 211. The molecule has 0 aliphatic carbocycles. The van der Waals surface area contributed by atoms with E-state index >= 15 is 0 Å². The quantitative estimate of drug-likeness (QED) is 0.675. The van der Waals surface area contributed by atoms with E-state index in [1.807, 2.05) is 6.92 Å². The first-order valence-electron chi connectivity index (χ1n) is 7.67. The van der Waals surface area contributed by atoms with Crippen LogP contribution in [0.25, 0.3) is 0 Å². The molecule has 3 heteroatoms. The number of rotatable bonds is 8. The molecule has 3 atom stereocenters. The zero-order valence-electron chi connectivity index (χ0n) is 12.7. The third-order valence-electron chi connectivity index (χ3n) is 4.14. The summed E-state index contributed by atoms with van der Waals surface area (Å²) in [6.07, 6.45) is 2.51. The van der Waals surface area contributed by atoms with Crippen LogP contribution in [-0.2, 0) is 4.74 Å². The number of piperidine rings is 1. The van der Waals surface area contributed by atoms with Gasteiger partial charge in [0.1, 0.15) is 0 Å². The lowest BCUT2D eigenvalue weighted by molar-refractivity contribution is 0.0804. The molecular weight excluding hydrogens is 224 g/mol. The lowest BCUT2D eigenvalue weighted by atomic mass is 9.86. The highest BCUT2D eigenvalue weighted by Gasteiger charge is 2.27. The van der Waals surface area contributed by atoms with Gasteiger partial charge in [-0.2, -0.15) is 0 Å². The molecule has 1 aliphatic heterocycles. The van der Waals surface area contributed by atoms with Crippen molar-refractivity contribution in [2.45, 2.75) is 46.6 Å². The van der Waals surface area contributed by atoms with Gasteiger partial charge in [0.15, 0.2) is 0 Å². The minimum atomic E-state index is 0.742. The number of likely N-dealkylation sites (tertiary alicyclic amines) is 1. The summed E-state index contributed by atoms with van der Waals surface area (Å²) in [7, 11) is 0. The summed E-state index contributed by atoms with van der Waals surface area (Å²) in [5.74, 6) is 1.70. The Hall–Kier alpha value is -0.120. The summed E-state index contributed by atoms with van der Waals surface area (Å²) >= 11 is 0. The van der Waals surface area contributed by atoms with Gasteiger partial charge >= 0.3 is 0 Å². The molecule has 108 valence electrons. The van der Waals surface area contributed by atoms with Gasteiger partial charge < -0.3 is 10.1 Å². The Kier molecular flexibility index (Phi) is 7.87. The van der Waals surface area contributed by atoms with Crippen LogP contribution in [0.15, 0.2) is 0 Å². The van der Waals surface area contributed by atoms with Crippen molar-refractivity contribution in [2.75, 3.05) is 39.4 Å². The first kappa shape index (κ1) is 15.9. The molecule has 0 bridgehead atoms. The zero-order chi connectivity index (χ0) is 13.4. The van der Waals surface area contributed by atoms with Crippen LogP contribution in [0.1, 0.15) is 40.5 Å². The second-order valence-electron chi connectivity index (χ2n) is 5.85. The van der Waals surface area contributed by atoms with Crippen LogP contribution in [0.2, 0.25) is 0 Å². The maximum atomic E-state index is 5.32. The Balaban J connectivity index is 2.07. The predicted molar refractivity (Wildman–Crippen MR) is 78.0 cm³/mol. The molecule has 0 spiro atoms.